The van der Waals surface area contributed by atoms with Crippen molar-refractivity contribution in [2.75, 3.05) is 18.6 Å². The molecule has 0 saturated carbocycles. The highest BCUT2D eigenvalue weighted by Gasteiger charge is 2.33. The number of nitrogens with two attached hydrogens (primary N) is 1. The quantitative estimate of drug-likeness (QED) is 0.0380. The summed E-state index contributed by atoms with van der Waals surface area (Å²) in [5, 5.41) is 25.3. The van der Waals surface area contributed by atoms with Gasteiger partial charge in [0.15, 0.2) is 0 Å². The first-order valence-corrected chi connectivity index (χ1v) is 22.7. The average molecular weight is 939 g/mol. The molecule has 0 aliphatic carbocycles. The highest BCUT2D eigenvalue weighted by Crippen LogP contribution is 2.20. The van der Waals surface area contributed by atoms with E-state index < -0.39 is 101 Å². The number of carboxylic acid groups (broad SMARTS) is 1. The number of benzene rings is 3. The van der Waals surface area contributed by atoms with Gasteiger partial charge in [0.1, 0.15) is 36.0 Å². The maximum Gasteiger partial charge on any atom is 0.446 e. The average Bonchev–Trinajstić information content (AvgIpc) is 3.66. The van der Waals surface area contributed by atoms with E-state index >= 15 is 0 Å². The van der Waals surface area contributed by atoms with E-state index in [9.17, 15) is 51.9 Å². The number of fused-ring (bicyclic) bond motifs is 1. The van der Waals surface area contributed by atoms with E-state index in [0.717, 1.165) is 10.9 Å². The van der Waals surface area contributed by atoms with Crippen molar-refractivity contribution >= 4 is 80.4 Å². The third-order valence-electron chi connectivity index (χ3n) is 9.63. The summed E-state index contributed by atoms with van der Waals surface area (Å²) in [6.45, 7) is 0.734. The van der Waals surface area contributed by atoms with E-state index in [4.69, 9.17) is 10.3 Å². The monoisotopic (exact) mass is 938 g/mol. The number of carbonyl (C=O) groups is 8. The predicted molar refractivity (Wildman–Crippen MR) is 237 cm³/mol. The Hall–Kier alpha value is -6.98. The fourth-order valence-electron chi connectivity index (χ4n) is 6.40. The van der Waals surface area contributed by atoms with Crippen LogP contribution in [0.4, 0.5) is 0 Å². The Labute approximate surface area is 377 Å². The highest BCUT2D eigenvalue weighted by atomic mass is 32.3. The van der Waals surface area contributed by atoms with Gasteiger partial charge in [-0.05, 0) is 60.2 Å². The zero-order valence-electron chi connectivity index (χ0n) is 35.2. The molecule has 0 fully saturated rings. The SMILES string of the molecule is CSCCC(NC(=O)C(Cc1c[nH]c2ccccc12)NC(=O)CNC(=O)C(C)NC(=O)Cc1ccc(OS(=O)(=O)O)cc1)C(=O)NC(CC(=O)O)C(=O)NC(Cc1ccccc1)C(N)=O. The van der Waals surface area contributed by atoms with Crippen LogP contribution in [-0.4, -0.2) is 119 Å². The standard InChI is InChI=1S/C42H50N8O13S2/c1-24(46-35(51)19-26-12-14-28(15-13-26)63-65(60,61)62)39(56)45-23-36(52)47-33(20-27-22-44-30-11-7-6-10-29(27)30)41(58)48-31(16-17-64-2)40(57)50-34(21-37(53)54)42(59)49-32(38(43)55)18-25-8-4-3-5-9-25/h3-15,22,24,31-34,44H,16-21,23H2,1-2H3,(H2,43,55)(H,45,56)(H,46,51)(H,47,52)(H,48,58)(H,49,59)(H,50,57)(H,53,54)(H,60,61,62). The molecule has 348 valence electrons. The van der Waals surface area contributed by atoms with Gasteiger partial charge < -0.3 is 51.9 Å². The van der Waals surface area contributed by atoms with Crippen LogP contribution in [0.2, 0.25) is 0 Å². The van der Waals surface area contributed by atoms with Gasteiger partial charge in [0.05, 0.1) is 19.4 Å². The van der Waals surface area contributed by atoms with Crippen molar-refractivity contribution in [3.63, 3.8) is 0 Å². The predicted octanol–water partition coefficient (Wildman–Crippen LogP) is -0.349. The third kappa shape index (κ3) is 16.9. The first-order chi connectivity index (χ1) is 30.8. The Kier molecular flexibility index (Phi) is 18.8. The maximum absolute atomic E-state index is 14.1. The number of nitrogens with one attached hydrogen (secondary N) is 7. The van der Waals surface area contributed by atoms with Crippen molar-refractivity contribution in [2.45, 2.75) is 69.2 Å². The Bertz CT molecular complexity index is 2450. The fraction of sp³-hybridized carbons (Fsp3) is 0.333. The molecule has 65 heavy (non-hydrogen) atoms. The summed E-state index contributed by atoms with van der Waals surface area (Å²) < 4.78 is 35.0. The Morgan fingerprint density at radius 3 is 1.98 bits per heavy atom. The maximum atomic E-state index is 14.1. The first kappa shape index (κ1) is 50.7. The van der Waals surface area contributed by atoms with Gasteiger partial charge in [-0.25, -0.2) is 0 Å². The number of carbonyl (C=O) groups excluding carboxylic acids is 7. The van der Waals surface area contributed by atoms with E-state index in [-0.39, 0.29) is 31.4 Å². The molecule has 1 aromatic heterocycles. The van der Waals surface area contributed by atoms with Gasteiger partial charge in [0.25, 0.3) is 0 Å². The number of rotatable bonds is 25. The fourth-order valence-corrected chi connectivity index (χ4v) is 7.23. The summed E-state index contributed by atoms with van der Waals surface area (Å²) in [5.41, 5.74) is 7.97. The number of hydrogen-bond donors (Lipinski definition) is 10. The summed E-state index contributed by atoms with van der Waals surface area (Å²) in [7, 11) is -4.74. The number of carboxylic acids is 1. The summed E-state index contributed by atoms with van der Waals surface area (Å²) in [6, 6.07) is 14.2. The number of H-pyrrole nitrogens is 1. The lowest BCUT2D eigenvalue weighted by molar-refractivity contribution is -0.141. The second-order valence-electron chi connectivity index (χ2n) is 14.7. The van der Waals surface area contributed by atoms with E-state index in [1.807, 2.05) is 0 Å². The zero-order valence-corrected chi connectivity index (χ0v) is 36.8. The number of aromatic nitrogens is 1. The number of hydrogen-bond acceptors (Lipinski definition) is 12. The van der Waals surface area contributed by atoms with Gasteiger partial charge >= 0.3 is 16.4 Å². The van der Waals surface area contributed by atoms with Crippen molar-refractivity contribution < 1.29 is 60.6 Å². The minimum atomic E-state index is -4.74. The largest absolute Gasteiger partial charge is 0.481 e. The van der Waals surface area contributed by atoms with E-state index in [1.165, 1.54) is 43.0 Å². The van der Waals surface area contributed by atoms with Gasteiger partial charge in [-0.3, -0.25) is 42.9 Å². The smallest absolute Gasteiger partial charge is 0.446 e. The third-order valence-corrected chi connectivity index (χ3v) is 10.7. The van der Waals surface area contributed by atoms with Crippen LogP contribution in [0.25, 0.3) is 10.9 Å². The highest BCUT2D eigenvalue weighted by molar-refractivity contribution is 7.98. The van der Waals surface area contributed by atoms with E-state index in [0.29, 0.717) is 22.4 Å². The lowest BCUT2D eigenvalue weighted by atomic mass is 10.0. The summed E-state index contributed by atoms with van der Waals surface area (Å²) in [5.74, 6) is -7.11. The molecule has 7 amide bonds. The van der Waals surface area contributed by atoms with Crippen LogP contribution in [-0.2, 0) is 68.0 Å². The minimum Gasteiger partial charge on any atom is -0.481 e. The van der Waals surface area contributed by atoms with Crippen molar-refractivity contribution in [3.05, 3.63) is 102 Å². The van der Waals surface area contributed by atoms with Crippen LogP contribution in [0, 0.1) is 0 Å². The van der Waals surface area contributed by atoms with Gasteiger partial charge in [-0.15, -0.1) is 0 Å². The number of primary amides is 1. The van der Waals surface area contributed by atoms with Crippen LogP contribution in [0.15, 0.2) is 85.1 Å². The molecule has 1 heterocycles. The number of aliphatic carboxylic acids is 1. The molecule has 3 aromatic carbocycles. The van der Waals surface area contributed by atoms with Crippen LogP contribution < -0.4 is 41.8 Å². The van der Waals surface area contributed by atoms with Crippen molar-refractivity contribution in [1.29, 1.82) is 0 Å². The molecule has 5 atom stereocenters. The topological polar surface area (TPSA) is 334 Å². The van der Waals surface area contributed by atoms with Crippen LogP contribution in [0.5, 0.6) is 5.75 Å². The molecule has 4 aromatic rings. The molecule has 23 heteroatoms. The zero-order chi connectivity index (χ0) is 47.7. The minimum absolute atomic E-state index is 0.00951. The Morgan fingerprint density at radius 1 is 0.723 bits per heavy atom. The van der Waals surface area contributed by atoms with Gasteiger partial charge in [0.2, 0.25) is 41.4 Å². The van der Waals surface area contributed by atoms with E-state index in [2.05, 4.69) is 41.1 Å². The molecule has 11 N–H and O–H groups in total. The van der Waals surface area contributed by atoms with Gasteiger partial charge in [-0.2, -0.15) is 20.2 Å². The van der Waals surface area contributed by atoms with Gasteiger partial charge in [-0.1, -0.05) is 60.7 Å². The number of thioether (sulfide) groups is 1. The summed E-state index contributed by atoms with van der Waals surface area (Å²) >= 11 is 1.34. The van der Waals surface area contributed by atoms with Crippen LogP contribution >= 0.6 is 11.8 Å². The lowest BCUT2D eigenvalue weighted by Gasteiger charge is -2.26. The molecule has 0 saturated heterocycles. The molecule has 0 bridgehead atoms. The molecular weight excluding hydrogens is 889 g/mol. The second kappa shape index (κ2) is 24.2. The molecule has 5 unspecified atom stereocenters. The Balaban J connectivity index is 1.44. The lowest BCUT2D eigenvalue weighted by Crippen LogP contribution is -2.59. The van der Waals surface area contributed by atoms with Gasteiger partial charge in [0, 0.05) is 29.9 Å². The van der Waals surface area contributed by atoms with Crippen molar-refractivity contribution in [1.82, 2.24) is 36.9 Å². The number of para-hydroxylation sites is 1. The van der Waals surface area contributed by atoms with Crippen LogP contribution in [0.3, 0.4) is 0 Å². The van der Waals surface area contributed by atoms with Crippen molar-refractivity contribution in [3.8, 4) is 5.75 Å². The summed E-state index contributed by atoms with van der Waals surface area (Å²) in [6.07, 6.45) is 2.21. The van der Waals surface area contributed by atoms with Crippen LogP contribution in [0.1, 0.15) is 36.5 Å². The molecular formula is C42H50N8O13S2. The molecule has 0 aliphatic heterocycles. The first-order valence-electron chi connectivity index (χ1n) is 19.9. The summed E-state index contributed by atoms with van der Waals surface area (Å²) in [4.78, 5) is 107. The molecule has 4 rings (SSSR count). The number of amides is 7. The molecule has 0 aliphatic rings. The van der Waals surface area contributed by atoms with E-state index in [1.54, 1.807) is 67.0 Å². The normalized spacial score (nSPS) is 13.5. The molecule has 0 radical (unpaired) electrons. The second-order valence-corrected chi connectivity index (χ2v) is 16.7. The Morgan fingerprint density at radius 2 is 1.34 bits per heavy atom. The number of aromatic amines is 1. The molecule has 21 nitrogen and oxygen atoms in total. The van der Waals surface area contributed by atoms with Crippen molar-refractivity contribution in [2.24, 2.45) is 5.73 Å². The molecule has 0 spiro atoms.